The predicted octanol–water partition coefficient (Wildman–Crippen LogP) is 6.04. The fourth-order valence-corrected chi connectivity index (χ4v) is 5.23. The first kappa shape index (κ1) is 26.8. The van der Waals surface area contributed by atoms with Crippen molar-refractivity contribution in [2.75, 3.05) is 19.0 Å². The molecular weight excluding hydrogens is 680 g/mol. The van der Waals surface area contributed by atoms with Crippen molar-refractivity contribution in [2.45, 2.75) is 28.5 Å². The fourth-order valence-electron chi connectivity index (χ4n) is 4.48. The predicted molar refractivity (Wildman–Crippen MR) is 158 cm³/mol. The van der Waals surface area contributed by atoms with Gasteiger partial charge in [-0.25, -0.2) is 15.0 Å². The maximum Gasteiger partial charge on any atom is 0.261 e. The second-order valence-corrected chi connectivity index (χ2v) is 15.8. The molecule has 5 rings (SSSR count). The molecule has 2 aromatic heterocycles. The molecule has 1 aliphatic rings. The zero-order chi connectivity index (χ0) is 26.9. The Kier molecular flexibility index (Phi) is 7.88. The Morgan fingerprint density at radius 2 is 1.92 bits per heavy atom. The van der Waals surface area contributed by atoms with Gasteiger partial charge in [-0.3, -0.25) is 4.79 Å². The van der Waals surface area contributed by atoms with Gasteiger partial charge in [-0.1, -0.05) is 30.3 Å². The molecule has 0 aliphatic carbocycles. The number of hydrogen-bond acceptors (Lipinski definition) is 6. The van der Waals surface area contributed by atoms with Gasteiger partial charge in [-0.15, -0.1) is 0 Å². The number of anilines is 2. The van der Waals surface area contributed by atoms with Crippen molar-refractivity contribution in [2.24, 2.45) is 0 Å². The Morgan fingerprint density at radius 1 is 1.13 bits per heavy atom. The topological polar surface area (TPSA) is 85.2 Å². The Labute approximate surface area is 246 Å². The molecule has 0 saturated carbocycles. The molecule has 4 aromatic rings. The number of imidazole rings is 1. The number of nitrogens with zero attached hydrogens (tertiary/aromatic N) is 5. The van der Waals surface area contributed by atoms with Crippen molar-refractivity contribution in [3.05, 3.63) is 89.3 Å². The van der Waals surface area contributed by atoms with Crippen LogP contribution in [0.2, 0.25) is 0 Å². The summed E-state index contributed by atoms with van der Waals surface area (Å²) in [5, 5.41) is 3.37. The molecule has 196 valence electrons. The van der Waals surface area contributed by atoms with Gasteiger partial charge in [-0.2, -0.15) is 0 Å². The number of hydrogen-bond donors (Lipinski definition) is 1. The molecule has 0 atom stereocenters. The first-order chi connectivity index (χ1) is 18.2. The van der Waals surface area contributed by atoms with E-state index in [1.807, 2.05) is 54.1 Å². The van der Waals surface area contributed by atoms with E-state index in [9.17, 15) is 4.79 Å². The highest BCUT2D eigenvalue weighted by atomic mass is 80.0. The Balaban J connectivity index is 1.48. The first-order valence-corrected chi connectivity index (χ1v) is 14.3. The van der Waals surface area contributed by atoms with E-state index in [-0.39, 0.29) is 5.91 Å². The first-order valence-electron chi connectivity index (χ1n) is 12.0. The number of nitrogens with one attached hydrogen (secondary N) is 1. The van der Waals surface area contributed by atoms with Crippen molar-refractivity contribution in [1.82, 2.24) is 24.4 Å². The van der Waals surface area contributed by atoms with Crippen LogP contribution >= 0.6 is 47.8 Å². The lowest BCUT2D eigenvalue weighted by Crippen LogP contribution is -2.42. The van der Waals surface area contributed by atoms with E-state index in [0.29, 0.717) is 37.6 Å². The standard InChI is InChI=1S/C27H25Br3N6O2/c1-17-14-36(16-31-17)23-9-8-19(13-24(23)38-2)32-26-33-21-10-11-35(25(37)27(28,29)30)15-20(21)22(34-26)12-18-6-4-3-5-7-18/h3-9,13-14,16H,10-12,15H2,1-2H3,(H,32,33,34). The van der Waals surface area contributed by atoms with E-state index in [1.54, 1.807) is 18.3 Å². The number of benzene rings is 2. The molecule has 38 heavy (non-hydrogen) atoms. The van der Waals surface area contributed by atoms with Crippen LogP contribution in [0.5, 0.6) is 5.75 Å². The maximum absolute atomic E-state index is 12.9. The van der Waals surface area contributed by atoms with Crippen LogP contribution in [-0.4, -0.2) is 46.1 Å². The van der Waals surface area contributed by atoms with Crippen LogP contribution < -0.4 is 10.1 Å². The highest BCUT2D eigenvalue weighted by Crippen LogP contribution is 2.37. The third kappa shape index (κ3) is 5.94. The van der Waals surface area contributed by atoms with Gasteiger partial charge in [-0.05, 0) is 72.4 Å². The van der Waals surface area contributed by atoms with Crippen LogP contribution in [0.4, 0.5) is 11.6 Å². The minimum atomic E-state index is -0.993. The van der Waals surface area contributed by atoms with Crippen LogP contribution in [0.1, 0.15) is 28.2 Å². The molecule has 1 aliphatic heterocycles. The number of amides is 1. The van der Waals surface area contributed by atoms with Gasteiger partial charge in [0, 0.05) is 49.4 Å². The van der Waals surface area contributed by atoms with Crippen molar-refractivity contribution in [3.8, 4) is 11.4 Å². The van der Waals surface area contributed by atoms with Gasteiger partial charge in [0.15, 0.2) is 0 Å². The smallest absolute Gasteiger partial charge is 0.261 e. The molecule has 11 heteroatoms. The van der Waals surface area contributed by atoms with E-state index in [1.165, 1.54) is 0 Å². The number of aryl methyl sites for hydroxylation is 1. The Morgan fingerprint density at radius 3 is 2.61 bits per heavy atom. The van der Waals surface area contributed by atoms with E-state index in [4.69, 9.17) is 14.7 Å². The van der Waals surface area contributed by atoms with Crippen molar-refractivity contribution < 1.29 is 9.53 Å². The normalized spacial score (nSPS) is 13.2. The number of fused-ring (bicyclic) bond motifs is 1. The van der Waals surface area contributed by atoms with Crippen LogP contribution in [0.25, 0.3) is 5.69 Å². The highest BCUT2D eigenvalue weighted by Gasteiger charge is 2.36. The summed E-state index contributed by atoms with van der Waals surface area (Å²) in [5.41, 5.74) is 6.59. The van der Waals surface area contributed by atoms with Gasteiger partial charge < -0.3 is 19.5 Å². The lowest BCUT2D eigenvalue weighted by molar-refractivity contribution is -0.130. The van der Waals surface area contributed by atoms with Crippen molar-refractivity contribution >= 4 is 65.3 Å². The Hall–Kier alpha value is -2.76. The summed E-state index contributed by atoms with van der Waals surface area (Å²) in [5.74, 6) is 1.11. The number of rotatable bonds is 6. The highest BCUT2D eigenvalue weighted by molar-refractivity contribution is 9.40. The number of halogens is 3. The van der Waals surface area contributed by atoms with Gasteiger partial charge in [0.05, 0.1) is 36.2 Å². The second kappa shape index (κ2) is 11.2. The monoisotopic (exact) mass is 702 g/mol. The summed E-state index contributed by atoms with van der Waals surface area (Å²) in [6.45, 7) is 2.95. The molecule has 0 radical (unpaired) electrons. The van der Waals surface area contributed by atoms with E-state index in [2.05, 4.69) is 70.2 Å². The van der Waals surface area contributed by atoms with Crippen LogP contribution in [0.3, 0.4) is 0 Å². The molecule has 1 N–H and O–H groups in total. The quantitative estimate of drug-likeness (QED) is 0.247. The third-order valence-electron chi connectivity index (χ3n) is 6.32. The van der Waals surface area contributed by atoms with Crippen LogP contribution in [0, 0.1) is 6.92 Å². The molecule has 0 spiro atoms. The minimum absolute atomic E-state index is 0.101. The zero-order valence-electron chi connectivity index (χ0n) is 20.8. The van der Waals surface area contributed by atoms with Crippen LogP contribution in [0.15, 0.2) is 61.1 Å². The molecule has 2 aromatic carbocycles. The van der Waals surface area contributed by atoms with Gasteiger partial charge in [0.1, 0.15) is 5.75 Å². The minimum Gasteiger partial charge on any atom is -0.494 e. The largest absolute Gasteiger partial charge is 0.494 e. The zero-order valence-corrected chi connectivity index (χ0v) is 25.5. The molecule has 0 saturated heterocycles. The van der Waals surface area contributed by atoms with Crippen molar-refractivity contribution in [3.63, 3.8) is 0 Å². The molecule has 1 amide bonds. The summed E-state index contributed by atoms with van der Waals surface area (Å²) in [6.07, 6.45) is 4.98. The number of carbonyl (C=O) groups is 1. The summed E-state index contributed by atoms with van der Waals surface area (Å²) < 4.78 is 6.60. The van der Waals surface area contributed by atoms with Crippen molar-refractivity contribution in [1.29, 1.82) is 0 Å². The fraction of sp³-hybridized carbons (Fsp3) is 0.259. The molecule has 0 fully saturated rings. The SMILES string of the molecule is COc1cc(Nc2nc3c(c(Cc4ccccc4)n2)CN(C(=O)C(Br)(Br)Br)CC3)ccc1-n1cnc(C)c1. The molecule has 0 unspecified atom stereocenters. The maximum atomic E-state index is 12.9. The van der Waals surface area contributed by atoms with E-state index >= 15 is 0 Å². The lowest BCUT2D eigenvalue weighted by Gasteiger charge is -2.32. The molecule has 3 heterocycles. The number of aromatic nitrogens is 4. The number of carbonyl (C=O) groups excluding carboxylic acids is 1. The third-order valence-corrected chi connectivity index (χ3v) is 7.33. The lowest BCUT2D eigenvalue weighted by atomic mass is 9.99. The van der Waals surface area contributed by atoms with E-state index in [0.717, 1.165) is 39.6 Å². The Bertz CT molecular complexity index is 1470. The van der Waals surface area contributed by atoms with Crippen LogP contribution in [-0.2, 0) is 24.2 Å². The van der Waals surface area contributed by atoms with Gasteiger partial charge in [0.25, 0.3) is 5.91 Å². The summed E-state index contributed by atoms with van der Waals surface area (Å²) in [4.78, 5) is 28.8. The van der Waals surface area contributed by atoms with E-state index < -0.39 is 2.14 Å². The van der Waals surface area contributed by atoms with Gasteiger partial charge >= 0.3 is 0 Å². The molecule has 8 nitrogen and oxygen atoms in total. The van der Waals surface area contributed by atoms with Gasteiger partial charge in [0.2, 0.25) is 8.09 Å². The summed E-state index contributed by atoms with van der Waals surface area (Å²) >= 11 is 10.1. The molecular formula is C27H25Br3N6O2. The summed E-state index contributed by atoms with van der Waals surface area (Å²) in [7, 11) is 1.65. The number of alkyl halides is 3. The average molecular weight is 705 g/mol. The average Bonchev–Trinajstić information content (AvgIpc) is 3.34. The number of methoxy groups -OCH3 is 1. The number of ether oxygens (including phenoxy) is 1. The second-order valence-electron chi connectivity index (χ2n) is 8.99. The summed E-state index contributed by atoms with van der Waals surface area (Å²) in [6, 6.07) is 16.1. The molecule has 0 bridgehead atoms.